The zero-order valence-electron chi connectivity index (χ0n) is 8.60. The highest BCUT2D eigenvalue weighted by Gasteiger charge is 2.17. The van der Waals surface area contributed by atoms with Gasteiger partial charge in [-0.25, -0.2) is 4.79 Å². The number of primary amides is 1. The van der Waals surface area contributed by atoms with Crippen LogP contribution >= 0.6 is 12.4 Å². The van der Waals surface area contributed by atoms with Crippen molar-refractivity contribution in [3.05, 3.63) is 24.3 Å². The zero-order chi connectivity index (χ0) is 10.7. The number of nitrogens with two attached hydrogens (primary N) is 1. The number of anilines is 1. The van der Waals surface area contributed by atoms with Gasteiger partial charge in [-0.3, -0.25) is 0 Å². The first-order valence-corrected chi connectivity index (χ1v) is 4.78. The molecule has 5 nitrogen and oxygen atoms in total. The summed E-state index contributed by atoms with van der Waals surface area (Å²) in [7, 11) is 0. The van der Waals surface area contributed by atoms with Gasteiger partial charge in [-0.1, -0.05) is 0 Å². The minimum absolute atomic E-state index is 0. The van der Waals surface area contributed by atoms with Crippen LogP contribution in [-0.2, 0) is 0 Å². The molecule has 0 saturated carbocycles. The van der Waals surface area contributed by atoms with E-state index in [-0.39, 0.29) is 18.5 Å². The molecule has 0 atom stereocenters. The summed E-state index contributed by atoms with van der Waals surface area (Å²) in [5.41, 5.74) is 5.65. The van der Waals surface area contributed by atoms with Crippen LogP contribution in [-0.4, -0.2) is 25.2 Å². The summed E-state index contributed by atoms with van der Waals surface area (Å²) in [5.74, 6) is 0.802. The maximum atomic E-state index is 10.6. The molecular formula is C10H14ClN3O2. The highest BCUT2D eigenvalue weighted by molar-refractivity contribution is 5.87. The van der Waals surface area contributed by atoms with Crippen molar-refractivity contribution in [2.24, 2.45) is 5.73 Å². The van der Waals surface area contributed by atoms with Crippen LogP contribution in [0, 0.1) is 0 Å². The molecule has 16 heavy (non-hydrogen) atoms. The second kappa shape index (κ2) is 5.58. The van der Waals surface area contributed by atoms with Crippen molar-refractivity contribution in [3.63, 3.8) is 0 Å². The third-order valence-electron chi connectivity index (χ3n) is 2.17. The number of rotatable bonds is 3. The van der Waals surface area contributed by atoms with Gasteiger partial charge in [-0.2, -0.15) is 0 Å². The molecule has 1 fully saturated rings. The summed E-state index contributed by atoms with van der Waals surface area (Å²) in [6, 6.07) is 6.57. The smallest absolute Gasteiger partial charge is 0.316 e. The molecule has 1 saturated heterocycles. The van der Waals surface area contributed by atoms with Crippen molar-refractivity contribution in [2.45, 2.75) is 6.10 Å². The Balaban J connectivity index is 0.00000128. The Morgan fingerprint density at radius 1 is 1.38 bits per heavy atom. The Bertz CT molecular complexity index is 352. The molecule has 2 rings (SSSR count). The standard InChI is InChI=1S/C10H13N3O2.ClH/c11-10(14)13-7-1-3-8(4-2-7)15-9-5-12-6-9;/h1-4,9,12H,5-6H2,(H3,11,13,14);1H. The lowest BCUT2D eigenvalue weighted by atomic mass is 10.2. The number of hydrogen-bond donors (Lipinski definition) is 3. The molecule has 1 aromatic rings. The van der Waals surface area contributed by atoms with Gasteiger partial charge in [0.05, 0.1) is 0 Å². The number of hydrogen-bond acceptors (Lipinski definition) is 3. The third-order valence-corrected chi connectivity index (χ3v) is 2.17. The number of nitrogens with one attached hydrogen (secondary N) is 2. The topological polar surface area (TPSA) is 76.4 Å². The van der Waals surface area contributed by atoms with E-state index >= 15 is 0 Å². The quantitative estimate of drug-likeness (QED) is 0.740. The Kier molecular flexibility index (Phi) is 4.39. The minimum atomic E-state index is -0.563. The summed E-state index contributed by atoms with van der Waals surface area (Å²) in [5, 5.41) is 5.60. The fraction of sp³-hybridized carbons (Fsp3) is 0.300. The molecule has 4 N–H and O–H groups in total. The predicted octanol–water partition coefficient (Wildman–Crippen LogP) is 0.950. The van der Waals surface area contributed by atoms with Crippen LogP contribution in [0.1, 0.15) is 0 Å². The molecule has 0 bridgehead atoms. The Morgan fingerprint density at radius 3 is 2.44 bits per heavy atom. The van der Waals surface area contributed by atoms with E-state index in [0.717, 1.165) is 18.8 Å². The average Bonchev–Trinajstić information content (AvgIpc) is 2.13. The van der Waals surface area contributed by atoms with E-state index in [1.165, 1.54) is 0 Å². The third kappa shape index (κ3) is 3.29. The summed E-state index contributed by atoms with van der Waals surface area (Å²) in [6.07, 6.45) is 0.264. The van der Waals surface area contributed by atoms with Gasteiger partial charge < -0.3 is 21.1 Å². The van der Waals surface area contributed by atoms with Crippen molar-refractivity contribution in [2.75, 3.05) is 18.4 Å². The highest BCUT2D eigenvalue weighted by Crippen LogP contribution is 2.17. The number of ether oxygens (including phenoxy) is 1. The highest BCUT2D eigenvalue weighted by atomic mass is 35.5. The van der Waals surface area contributed by atoms with Gasteiger partial charge in [0.2, 0.25) is 0 Å². The van der Waals surface area contributed by atoms with Gasteiger partial charge in [-0.15, -0.1) is 12.4 Å². The zero-order valence-corrected chi connectivity index (χ0v) is 9.42. The van der Waals surface area contributed by atoms with Crippen LogP contribution in [0.3, 0.4) is 0 Å². The molecule has 0 radical (unpaired) electrons. The van der Waals surface area contributed by atoms with E-state index in [1.807, 2.05) is 12.1 Å². The molecule has 0 aromatic heterocycles. The van der Waals surface area contributed by atoms with Crippen molar-refractivity contribution in [1.29, 1.82) is 0 Å². The van der Waals surface area contributed by atoms with Crippen molar-refractivity contribution in [3.8, 4) is 5.75 Å². The molecule has 1 aliphatic heterocycles. The lowest BCUT2D eigenvalue weighted by molar-refractivity contribution is 0.142. The van der Waals surface area contributed by atoms with Crippen LogP contribution in [0.15, 0.2) is 24.3 Å². The molecule has 1 aromatic carbocycles. The van der Waals surface area contributed by atoms with E-state index in [0.29, 0.717) is 5.69 Å². The van der Waals surface area contributed by atoms with Gasteiger partial charge in [0, 0.05) is 18.8 Å². The molecule has 1 heterocycles. The van der Waals surface area contributed by atoms with Crippen LogP contribution < -0.4 is 21.1 Å². The fourth-order valence-corrected chi connectivity index (χ4v) is 1.30. The first kappa shape index (κ1) is 12.6. The van der Waals surface area contributed by atoms with Crippen molar-refractivity contribution in [1.82, 2.24) is 5.32 Å². The molecule has 1 aliphatic rings. The molecular weight excluding hydrogens is 230 g/mol. The lowest BCUT2D eigenvalue weighted by Crippen LogP contribution is -2.50. The number of carbonyl (C=O) groups excluding carboxylic acids is 1. The van der Waals surface area contributed by atoms with Gasteiger partial charge >= 0.3 is 6.03 Å². The Morgan fingerprint density at radius 2 is 2.00 bits per heavy atom. The minimum Gasteiger partial charge on any atom is -0.488 e. The predicted molar refractivity (Wildman–Crippen MR) is 64.2 cm³/mol. The number of urea groups is 1. The first-order chi connectivity index (χ1) is 7.24. The number of benzene rings is 1. The number of carbonyl (C=O) groups is 1. The van der Waals surface area contributed by atoms with Crippen LogP contribution in [0.5, 0.6) is 5.75 Å². The van der Waals surface area contributed by atoms with E-state index in [1.54, 1.807) is 12.1 Å². The van der Waals surface area contributed by atoms with Crippen LogP contribution in [0.25, 0.3) is 0 Å². The molecule has 0 unspecified atom stereocenters. The maximum Gasteiger partial charge on any atom is 0.316 e. The summed E-state index contributed by atoms with van der Waals surface area (Å²) < 4.78 is 5.60. The monoisotopic (exact) mass is 243 g/mol. The van der Waals surface area contributed by atoms with Gasteiger partial charge in [-0.05, 0) is 24.3 Å². The molecule has 0 aliphatic carbocycles. The fourth-order valence-electron chi connectivity index (χ4n) is 1.30. The molecule has 6 heteroatoms. The molecule has 88 valence electrons. The van der Waals surface area contributed by atoms with Gasteiger partial charge in [0.15, 0.2) is 0 Å². The molecule has 2 amide bonds. The first-order valence-electron chi connectivity index (χ1n) is 4.78. The summed E-state index contributed by atoms with van der Waals surface area (Å²) >= 11 is 0. The normalized spacial score (nSPS) is 14.5. The van der Waals surface area contributed by atoms with Crippen molar-refractivity contribution >= 4 is 24.1 Å². The second-order valence-corrected chi connectivity index (χ2v) is 3.41. The van der Waals surface area contributed by atoms with Gasteiger partial charge in [0.1, 0.15) is 11.9 Å². The largest absolute Gasteiger partial charge is 0.488 e. The number of halogens is 1. The average molecular weight is 244 g/mol. The molecule has 0 spiro atoms. The van der Waals surface area contributed by atoms with Gasteiger partial charge in [0.25, 0.3) is 0 Å². The SMILES string of the molecule is Cl.NC(=O)Nc1ccc(OC2CNC2)cc1. The van der Waals surface area contributed by atoms with E-state index in [9.17, 15) is 4.79 Å². The number of amides is 2. The second-order valence-electron chi connectivity index (χ2n) is 3.41. The van der Waals surface area contributed by atoms with E-state index in [2.05, 4.69) is 10.6 Å². The maximum absolute atomic E-state index is 10.6. The summed E-state index contributed by atoms with van der Waals surface area (Å²) in [6.45, 7) is 1.78. The van der Waals surface area contributed by atoms with Crippen LogP contribution in [0.4, 0.5) is 10.5 Å². The van der Waals surface area contributed by atoms with Crippen molar-refractivity contribution < 1.29 is 9.53 Å². The van der Waals surface area contributed by atoms with E-state index in [4.69, 9.17) is 10.5 Å². The van der Waals surface area contributed by atoms with Crippen LogP contribution in [0.2, 0.25) is 0 Å². The summed E-state index contributed by atoms with van der Waals surface area (Å²) in [4.78, 5) is 10.6. The lowest BCUT2D eigenvalue weighted by Gasteiger charge is -2.27. The Hall–Kier alpha value is -1.46. The van der Waals surface area contributed by atoms with E-state index < -0.39 is 6.03 Å². The Labute approximate surface area is 99.8 Å².